The van der Waals surface area contributed by atoms with E-state index in [1.807, 2.05) is 11.8 Å². The second-order valence-electron chi connectivity index (χ2n) is 4.22. The summed E-state index contributed by atoms with van der Waals surface area (Å²) in [5, 5.41) is 3.00. The summed E-state index contributed by atoms with van der Waals surface area (Å²) in [5.41, 5.74) is 0. The van der Waals surface area contributed by atoms with Crippen LogP contribution in [0, 0.1) is 5.92 Å². The highest BCUT2D eigenvalue weighted by Gasteiger charge is 2.32. The molecule has 0 bridgehead atoms. The zero-order chi connectivity index (χ0) is 10.1. The SMILES string of the molecule is CC1CCN(C2=NCC(CBr)S2)C1C. The van der Waals surface area contributed by atoms with Crippen molar-refractivity contribution in [1.82, 2.24) is 4.90 Å². The van der Waals surface area contributed by atoms with Crippen molar-refractivity contribution in [2.75, 3.05) is 18.4 Å². The van der Waals surface area contributed by atoms with Gasteiger partial charge in [-0.15, -0.1) is 0 Å². The first-order chi connectivity index (χ1) is 6.72. The summed E-state index contributed by atoms with van der Waals surface area (Å²) in [7, 11) is 0. The maximum atomic E-state index is 4.63. The maximum absolute atomic E-state index is 4.63. The molecule has 0 aliphatic carbocycles. The van der Waals surface area contributed by atoms with Gasteiger partial charge in [-0.25, -0.2) is 0 Å². The van der Waals surface area contributed by atoms with Crippen LogP contribution in [0.4, 0.5) is 0 Å². The van der Waals surface area contributed by atoms with Gasteiger partial charge in [0, 0.05) is 23.2 Å². The molecule has 3 atom stereocenters. The molecular weight excluding hydrogens is 260 g/mol. The van der Waals surface area contributed by atoms with Crippen molar-refractivity contribution in [3.8, 4) is 0 Å². The van der Waals surface area contributed by atoms with Gasteiger partial charge in [0.25, 0.3) is 0 Å². The number of hydrogen-bond donors (Lipinski definition) is 0. The molecule has 0 amide bonds. The summed E-state index contributed by atoms with van der Waals surface area (Å²) in [6, 6.07) is 0.676. The smallest absolute Gasteiger partial charge is 0.159 e. The first kappa shape index (κ1) is 10.8. The Morgan fingerprint density at radius 2 is 2.36 bits per heavy atom. The minimum Gasteiger partial charge on any atom is -0.349 e. The average Bonchev–Trinajstić information content (AvgIpc) is 2.75. The van der Waals surface area contributed by atoms with Gasteiger partial charge >= 0.3 is 0 Å². The lowest BCUT2D eigenvalue weighted by atomic mass is 10.1. The summed E-state index contributed by atoms with van der Waals surface area (Å²) in [6.07, 6.45) is 1.32. The molecular formula is C10H17BrN2S. The summed E-state index contributed by atoms with van der Waals surface area (Å²) in [4.78, 5) is 7.11. The Morgan fingerprint density at radius 3 is 2.86 bits per heavy atom. The van der Waals surface area contributed by atoms with Crippen molar-refractivity contribution < 1.29 is 0 Å². The lowest BCUT2D eigenvalue weighted by Crippen LogP contribution is -2.33. The number of amidine groups is 1. The van der Waals surface area contributed by atoms with Crippen LogP contribution in [0.1, 0.15) is 20.3 Å². The predicted octanol–water partition coefficient (Wildman–Crippen LogP) is 2.58. The lowest BCUT2D eigenvalue weighted by Gasteiger charge is -2.24. The monoisotopic (exact) mass is 276 g/mol. The van der Waals surface area contributed by atoms with E-state index in [0.29, 0.717) is 11.3 Å². The van der Waals surface area contributed by atoms with Gasteiger partial charge in [0.15, 0.2) is 5.17 Å². The van der Waals surface area contributed by atoms with Crippen LogP contribution in [0.2, 0.25) is 0 Å². The Kier molecular flexibility index (Phi) is 3.42. The molecule has 2 aliphatic rings. The van der Waals surface area contributed by atoms with Gasteiger partial charge in [0.1, 0.15) is 0 Å². The minimum absolute atomic E-state index is 0.660. The molecule has 2 nitrogen and oxygen atoms in total. The molecule has 4 heteroatoms. The Morgan fingerprint density at radius 1 is 1.57 bits per heavy atom. The lowest BCUT2D eigenvalue weighted by molar-refractivity contribution is 0.376. The highest BCUT2D eigenvalue weighted by atomic mass is 79.9. The quantitative estimate of drug-likeness (QED) is 0.685. The summed E-state index contributed by atoms with van der Waals surface area (Å²) < 4.78 is 0. The van der Waals surface area contributed by atoms with Crippen molar-refractivity contribution in [3.05, 3.63) is 0 Å². The van der Waals surface area contributed by atoms with E-state index in [1.54, 1.807) is 0 Å². The molecule has 0 aromatic rings. The number of likely N-dealkylation sites (tertiary alicyclic amines) is 1. The molecule has 2 aliphatic heterocycles. The van der Waals surface area contributed by atoms with E-state index in [9.17, 15) is 0 Å². The van der Waals surface area contributed by atoms with Crippen molar-refractivity contribution >= 4 is 32.9 Å². The molecule has 0 saturated carbocycles. The van der Waals surface area contributed by atoms with Crippen LogP contribution >= 0.6 is 27.7 Å². The third kappa shape index (κ3) is 1.96. The fourth-order valence-electron chi connectivity index (χ4n) is 2.01. The van der Waals surface area contributed by atoms with Crippen LogP contribution in [0.15, 0.2) is 4.99 Å². The third-order valence-electron chi connectivity index (χ3n) is 3.26. The molecule has 0 spiro atoms. The predicted molar refractivity (Wildman–Crippen MR) is 67.4 cm³/mol. The average molecular weight is 277 g/mol. The van der Waals surface area contributed by atoms with E-state index in [4.69, 9.17) is 0 Å². The standard InChI is InChI=1S/C10H17BrN2S/c1-7-3-4-13(8(7)2)10-12-6-9(5-11)14-10/h7-9H,3-6H2,1-2H3. The number of hydrogen-bond acceptors (Lipinski definition) is 3. The van der Waals surface area contributed by atoms with E-state index in [2.05, 4.69) is 39.7 Å². The fraction of sp³-hybridized carbons (Fsp3) is 0.900. The molecule has 3 unspecified atom stereocenters. The Bertz CT molecular complexity index is 244. The molecule has 0 radical (unpaired) electrons. The zero-order valence-electron chi connectivity index (χ0n) is 8.74. The fourth-order valence-corrected chi connectivity index (χ4v) is 3.66. The van der Waals surface area contributed by atoms with Crippen molar-refractivity contribution in [2.24, 2.45) is 10.9 Å². The van der Waals surface area contributed by atoms with Gasteiger partial charge in [-0.2, -0.15) is 0 Å². The van der Waals surface area contributed by atoms with Gasteiger partial charge in [-0.1, -0.05) is 34.6 Å². The molecule has 0 aromatic heterocycles. The van der Waals surface area contributed by atoms with Gasteiger partial charge in [-0.3, -0.25) is 4.99 Å². The highest BCUT2D eigenvalue weighted by Crippen LogP contribution is 2.31. The normalized spacial score (nSPS) is 37.8. The second-order valence-corrected chi connectivity index (χ2v) is 6.13. The zero-order valence-corrected chi connectivity index (χ0v) is 11.1. The van der Waals surface area contributed by atoms with Crippen molar-refractivity contribution in [3.63, 3.8) is 0 Å². The number of rotatable bonds is 1. The molecule has 2 heterocycles. The van der Waals surface area contributed by atoms with Crippen LogP contribution in [0.25, 0.3) is 0 Å². The minimum atomic E-state index is 0.660. The van der Waals surface area contributed by atoms with Gasteiger partial charge in [0.05, 0.1) is 6.54 Å². The van der Waals surface area contributed by atoms with Crippen LogP contribution in [-0.2, 0) is 0 Å². The number of aliphatic imine (C=N–C) groups is 1. The van der Waals surface area contributed by atoms with Crippen LogP contribution in [-0.4, -0.2) is 39.8 Å². The molecule has 1 saturated heterocycles. The largest absolute Gasteiger partial charge is 0.349 e. The Hall–Kier alpha value is 0.300. The maximum Gasteiger partial charge on any atom is 0.159 e. The highest BCUT2D eigenvalue weighted by molar-refractivity contribution is 9.09. The van der Waals surface area contributed by atoms with E-state index in [1.165, 1.54) is 18.1 Å². The number of halogens is 1. The van der Waals surface area contributed by atoms with E-state index < -0.39 is 0 Å². The number of thioether (sulfide) groups is 1. The summed E-state index contributed by atoms with van der Waals surface area (Å²) in [6.45, 7) is 6.85. The van der Waals surface area contributed by atoms with Crippen LogP contribution < -0.4 is 0 Å². The van der Waals surface area contributed by atoms with Gasteiger partial charge < -0.3 is 4.90 Å². The first-order valence-electron chi connectivity index (χ1n) is 5.26. The van der Waals surface area contributed by atoms with Gasteiger partial charge in [0.2, 0.25) is 0 Å². The second kappa shape index (κ2) is 4.44. The molecule has 80 valence electrons. The number of nitrogens with zero attached hydrogens (tertiary/aromatic N) is 2. The first-order valence-corrected chi connectivity index (χ1v) is 7.26. The Labute approximate surface area is 98.7 Å². The van der Waals surface area contributed by atoms with Crippen LogP contribution in [0.3, 0.4) is 0 Å². The van der Waals surface area contributed by atoms with Crippen molar-refractivity contribution in [2.45, 2.75) is 31.6 Å². The number of alkyl halides is 1. The third-order valence-corrected chi connectivity index (χ3v) is 5.69. The Balaban J connectivity index is 1.97. The van der Waals surface area contributed by atoms with Crippen molar-refractivity contribution in [1.29, 1.82) is 0 Å². The topological polar surface area (TPSA) is 15.6 Å². The summed E-state index contributed by atoms with van der Waals surface area (Å²) >= 11 is 5.47. The van der Waals surface area contributed by atoms with Gasteiger partial charge in [-0.05, 0) is 19.3 Å². The molecule has 14 heavy (non-hydrogen) atoms. The molecule has 1 fully saturated rings. The van der Waals surface area contributed by atoms with E-state index in [0.717, 1.165) is 17.8 Å². The summed E-state index contributed by atoms with van der Waals surface area (Å²) in [5.74, 6) is 0.821. The molecule has 0 aromatic carbocycles. The van der Waals surface area contributed by atoms with Crippen LogP contribution in [0.5, 0.6) is 0 Å². The molecule has 2 rings (SSSR count). The van der Waals surface area contributed by atoms with E-state index in [-0.39, 0.29) is 0 Å². The van der Waals surface area contributed by atoms with E-state index >= 15 is 0 Å². The molecule has 0 N–H and O–H groups in total.